The molecule has 1 heterocycles. The normalized spacial score (nSPS) is 14.4. The molecule has 1 saturated heterocycles. The van der Waals surface area contributed by atoms with Gasteiger partial charge in [0.15, 0.2) is 0 Å². The number of carbonyl (C=O) groups excluding carboxylic acids is 2. The topological polar surface area (TPSA) is 85.1 Å². The number of hydrogen-bond acceptors (Lipinski definition) is 7. The van der Waals surface area contributed by atoms with Gasteiger partial charge in [0, 0.05) is 55.1 Å². The minimum atomic E-state index is -0.295. The van der Waals surface area contributed by atoms with Crippen molar-refractivity contribution in [3.05, 3.63) is 54.1 Å². The fourth-order valence-corrected chi connectivity index (χ4v) is 4.29. The van der Waals surface area contributed by atoms with E-state index in [1.54, 1.807) is 0 Å². The predicted molar refractivity (Wildman–Crippen MR) is 121 cm³/mol. The second kappa shape index (κ2) is 11.7. The summed E-state index contributed by atoms with van der Waals surface area (Å²) in [6.45, 7) is 6.41. The molecule has 0 aliphatic carbocycles. The first-order valence-electron chi connectivity index (χ1n) is 10.4. The molecule has 166 valence electrons. The van der Waals surface area contributed by atoms with Crippen molar-refractivity contribution in [2.45, 2.75) is 16.7 Å². The minimum Gasteiger partial charge on any atom is -0.463 e. The zero-order valence-electron chi connectivity index (χ0n) is 17.8. The molecule has 2 aromatic rings. The Morgan fingerprint density at radius 1 is 0.935 bits per heavy atom. The molecule has 1 amide bonds. The molecule has 2 aromatic carbocycles. The second-order valence-electron chi connectivity index (χ2n) is 7.22. The van der Waals surface area contributed by atoms with Gasteiger partial charge in [-0.1, -0.05) is 36.0 Å². The Kier molecular flexibility index (Phi) is 8.75. The lowest BCUT2D eigenvalue weighted by atomic mass is 10.2. The average Bonchev–Trinajstić information content (AvgIpc) is 2.78. The molecule has 0 unspecified atom stereocenters. The van der Waals surface area contributed by atoms with Gasteiger partial charge in [0.05, 0.1) is 18.8 Å². The number of carbonyl (C=O) groups is 2. The van der Waals surface area contributed by atoms with E-state index in [9.17, 15) is 9.59 Å². The molecule has 0 bridgehead atoms. The molecular weight excluding hydrogens is 414 g/mol. The summed E-state index contributed by atoms with van der Waals surface area (Å²) in [5, 5.41) is 0. The Bertz CT molecular complexity index is 885. The maximum absolute atomic E-state index is 13.2. The standard InChI is InChI=1S/C23H29N3O4S/c1-18(27)30-17-16-29-15-14-25-10-12-26(13-11-25)23(28)19-6-2-4-8-21(19)31-22-9-5-3-7-20(22)24/h2-9H,10-17,24H2,1H3. The molecule has 2 N–H and O–H groups in total. The molecule has 8 heteroatoms. The van der Waals surface area contributed by atoms with Crippen LogP contribution in [-0.2, 0) is 14.3 Å². The van der Waals surface area contributed by atoms with Crippen LogP contribution in [0.3, 0.4) is 0 Å². The van der Waals surface area contributed by atoms with Crippen LogP contribution in [-0.4, -0.2) is 74.2 Å². The Balaban J connectivity index is 1.49. The SMILES string of the molecule is CC(=O)OCCOCCN1CCN(C(=O)c2ccccc2Sc2ccccc2N)CC1. The Hall–Kier alpha value is -2.55. The number of hydrogen-bond donors (Lipinski definition) is 1. The number of amides is 1. The third-order valence-electron chi connectivity index (χ3n) is 5.00. The number of para-hydroxylation sites is 1. The number of nitrogen functional groups attached to an aromatic ring is 1. The van der Waals surface area contributed by atoms with Crippen LogP contribution in [0.25, 0.3) is 0 Å². The summed E-state index contributed by atoms with van der Waals surface area (Å²) in [6, 6.07) is 15.4. The molecule has 1 aliphatic rings. The smallest absolute Gasteiger partial charge is 0.302 e. The minimum absolute atomic E-state index is 0.0508. The van der Waals surface area contributed by atoms with Crippen LogP contribution >= 0.6 is 11.8 Å². The first kappa shape index (κ1) is 23.1. The largest absolute Gasteiger partial charge is 0.463 e. The molecule has 0 spiro atoms. The highest BCUT2D eigenvalue weighted by molar-refractivity contribution is 7.99. The van der Waals surface area contributed by atoms with Crippen LogP contribution in [0.5, 0.6) is 0 Å². The fraction of sp³-hybridized carbons (Fsp3) is 0.391. The molecule has 1 aliphatic heterocycles. The number of nitrogens with zero attached hydrogens (tertiary/aromatic N) is 2. The number of benzene rings is 2. The average molecular weight is 444 g/mol. The van der Waals surface area contributed by atoms with E-state index in [1.807, 2.05) is 53.4 Å². The van der Waals surface area contributed by atoms with Gasteiger partial charge >= 0.3 is 5.97 Å². The van der Waals surface area contributed by atoms with Gasteiger partial charge in [-0.3, -0.25) is 14.5 Å². The van der Waals surface area contributed by atoms with Crippen molar-refractivity contribution in [1.82, 2.24) is 9.80 Å². The van der Waals surface area contributed by atoms with Gasteiger partial charge in [0.25, 0.3) is 5.91 Å². The van der Waals surface area contributed by atoms with E-state index in [0.717, 1.165) is 29.4 Å². The van der Waals surface area contributed by atoms with Crippen molar-refractivity contribution in [2.24, 2.45) is 0 Å². The van der Waals surface area contributed by atoms with E-state index in [0.29, 0.717) is 37.6 Å². The summed E-state index contributed by atoms with van der Waals surface area (Å²) in [7, 11) is 0. The third-order valence-corrected chi connectivity index (χ3v) is 6.17. The zero-order valence-corrected chi connectivity index (χ0v) is 18.6. The number of ether oxygens (including phenoxy) is 2. The van der Waals surface area contributed by atoms with Crippen molar-refractivity contribution in [3.63, 3.8) is 0 Å². The highest BCUT2D eigenvalue weighted by atomic mass is 32.2. The first-order chi connectivity index (χ1) is 15.0. The highest BCUT2D eigenvalue weighted by Gasteiger charge is 2.24. The number of esters is 1. The van der Waals surface area contributed by atoms with E-state index in [-0.39, 0.29) is 18.5 Å². The molecular formula is C23H29N3O4S. The second-order valence-corrected chi connectivity index (χ2v) is 8.31. The van der Waals surface area contributed by atoms with Crippen molar-refractivity contribution in [1.29, 1.82) is 0 Å². The maximum Gasteiger partial charge on any atom is 0.302 e. The highest BCUT2D eigenvalue weighted by Crippen LogP contribution is 2.34. The number of anilines is 1. The summed E-state index contributed by atoms with van der Waals surface area (Å²) in [6.07, 6.45) is 0. The number of rotatable bonds is 9. The molecule has 0 atom stereocenters. The lowest BCUT2D eigenvalue weighted by molar-refractivity contribution is -0.142. The van der Waals surface area contributed by atoms with Gasteiger partial charge in [-0.15, -0.1) is 0 Å². The zero-order chi connectivity index (χ0) is 22.1. The van der Waals surface area contributed by atoms with Gasteiger partial charge in [-0.05, 0) is 24.3 Å². The van der Waals surface area contributed by atoms with Gasteiger partial charge in [-0.2, -0.15) is 0 Å². The van der Waals surface area contributed by atoms with E-state index >= 15 is 0 Å². The number of piperazine rings is 1. The van der Waals surface area contributed by atoms with Crippen LogP contribution in [0.15, 0.2) is 58.3 Å². The van der Waals surface area contributed by atoms with Crippen LogP contribution in [0.4, 0.5) is 5.69 Å². The van der Waals surface area contributed by atoms with Crippen molar-refractivity contribution < 1.29 is 19.1 Å². The van der Waals surface area contributed by atoms with Crippen molar-refractivity contribution in [3.8, 4) is 0 Å². The Labute approximate surface area is 187 Å². The lowest BCUT2D eigenvalue weighted by Crippen LogP contribution is -2.49. The quantitative estimate of drug-likeness (QED) is 0.362. The van der Waals surface area contributed by atoms with Crippen molar-refractivity contribution in [2.75, 3.05) is 58.3 Å². The molecule has 31 heavy (non-hydrogen) atoms. The van der Waals surface area contributed by atoms with E-state index in [2.05, 4.69) is 4.90 Å². The third kappa shape index (κ3) is 6.99. The van der Waals surface area contributed by atoms with E-state index < -0.39 is 0 Å². The Morgan fingerprint density at radius 2 is 1.61 bits per heavy atom. The summed E-state index contributed by atoms with van der Waals surface area (Å²) in [4.78, 5) is 29.9. The van der Waals surface area contributed by atoms with Gasteiger partial charge < -0.3 is 20.1 Å². The van der Waals surface area contributed by atoms with Crippen LogP contribution < -0.4 is 5.73 Å². The summed E-state index contributed by atoms with van der Waals surface area (Å²) in [5.74, 6) is -0.244. The fourth-order valence-electron chi connectivity index (χ4n) is 3.31. The molecule has 0 radical (unpaired) electrons. The first-order valence-corrected chi connectivity index (χ1v) is 11.2. The monoisotopic (exact) mass is 443 g/mol. The summed E-state index contributed by atoms with van der Waals surface area (Å²) >= 11 is 1.52. The van der Waals surface area contributed by atoms with Gasteiger partial charge in [-0.25, -0.2) is 0 Å². The van der Waals surface area contributed by atoms with E-state index in [4.69, 9.17) is 15.2 Å². The van der Waals surface area contributed by atoms with Gasteiger partial charge in [0.1, 0.15) is 6.61 Å². The Morgan fingerprint density at radius 3 is 2.32 bits per heavy atom. The molecule has 0 saturated carbocycles. The lowest BCUT2D eigenvalue weighted by Gasteiger charge is -2.35. The van der Waals surface area contributed by atoms with Crippen LogP contribution in [0.2, 0.25) is 0 Å². The van der Waals surface area contributed by atoms with Crippen molar-refractivity contribution >= 4 is 29.3 Å². The van der Waals surface area contributed by atoms with E-state index in [1.165, 1.54) is 18.7 Å². The van der Waals surface area contributed by atoms with Gasteiger partial charge in [0.2, 0.25) is 0 Å². The maximum atomic E-state index is 13.2. The molecule has 0 aromatic heterocycles. The molecule has 3 rings (SSSR count). The number of nitrogens with two attached hydrogens (primary N) is 1. The summed E-state index contributed by atoms with van der Waals surface area (Å²) < 4.78 is 10.3. The molecule has 7 nitrogen and oxygen atoms in total. The predicted octanol–water partition coefficient (Wildman–Crippen LogP) is 2.76. The molecule has 1 fully saturated rings. The van der Waals surface area contributed by atoms with Crippen LogP contribution in [0, 0.1) is 0 Å². The van der Waals surface area contributed by atoms with Crippen LogP contribution in [0.1, 0.15) is 17.3 Å². The summed E-state index contributed by atoms with van der Waals surface area (Å²) in [5.41, 5.74) is 7.49.